The summed E-state index contributed by atoms with van der Waals surface area (Å²) in [4.78, 5) is 7.40. The number of nitrogens with zero attached hydrogens (tertiary/aromatic N) is 1. The summed E-state index contributed by atoms with van der Waals surface area (Å²) in [6, 6.07) is 6.07. The number of benzene rings is 1. The Bertz CT molecular complexity index is 907. The van der Waals surface area contributed by atoms with Gasteiger partial charge in [-0.05, 0) is 36.2 Å². The molecule has 0 radical (unpaired) electrons. The highest BCUT2D eigenvalue weighted by Crippen LogP contribution is 2.35. The van der Waals surface area contributed by atoms with Gasteiger partial charge in [-0.3, -0.25) is 10.3 Å². The van der Waals surface area contributed by atoms with Crippen molar-refractivity contribution in [2.24, 2.45) is 0 Å². The van der Waals surface area contributed by atoms with Crippen LogP contribution >= 0.6 is 0 Å². The standard InChI is InChI=1S/C20H22F2N4/c1-2-3-7-24-17-10-15-14-8-13(21)9-16(22)19(14)26-20(15)18(25-17)12-5-4-6-23-11-12/h4-6,8-9,11,17-18,24-26H,2-3,7,10H2,1H3/t17-,18+/m1/s1. The molecular formula is C20H22F2N4. The van der Waals surface area contributed by atoms with E-state index in [4.69, 9.17) is 0 Å². The van der Waals surface area contributed by atoms with Crippen LogP contribution in [0.4, 0.5) is 8.78 Å². The third-order valence-corrected chi connectivity index (χ3v) is 4.97. The molecule has 4 rings (SSSR count). The molecule has 1 aliphatic heterocycles. The molecule has 2 atom stereocenters. The molecule has 2 aromatic heterocycles. The molecular weight excluding hydrogens is 334 g/mol. The molecule has 136 valence electrons. The van der Waals surface area contributed by atoms with Gasteiger partial charge < -0.3 is 10.3 Å². The minimum atomic E-state index is -0.560. The SMILES string of the molecule is CCCCN[C@H]1Cc2c([nH]c3c(F)cc(F)cc23)[C@H](c2cccnc2)N1. The first kappa shape index (κ1) is 17.1. The Morgan fingerprint density at radius 2 is 2.19 bits per heavy atom. The number of hydrogen-bond donors (Lipinski definition) is 3. The zero-order valence-electron chi connectivity index (χ0n) is 14.7. The van der Waals surface area contributed by atoms with E-state index in [1.54, 1.807) is 12.4 Å². The lowest BCUT2D eigenvalue weighted by Crippen LogP contribution is -2.49. The Morgan fingerprint density at radius 1 is 1.31 bits per heavy atom. The molecule has 0 saturated carbocycles. The van der Waals surface area contributed by atoms with Gasteiger partial charge in [0.15, 0.2) is 0 Å². The second kappa shape index (κ2) is 7.13. The van der Waals surface area contributed by atoms with E-state index < -0.39 is 11.6 Å². The average molecular weight is 356 g/mol. The molecule has 3 aromatic rings. The number of H-pyrrole nitrogens is 1. The largest absolute Gasteiger partial charge is 0.354 e. The lowest BCUT2D eigenvalue weighted by molar-refractivity contribution is 0.367. The molecule has 0 amide bonds. The topological polar surface area (TPSA) is 52.7 Å². The van der Waals surface area contributed by atoms with E-state index in [0.717, 1.165) is 42.3 Å². The first-order valence-electron chi connectivity index (χ1n) is 9.06. The Morgan fingerprint density at radius 3 is 2.96 bits per heavy atom. The highest BCUT2D eigenvalue weighted by Gasteiger charge is 2.31. The predicted molar refractivity (Wildman–Crippen MR) is 97.8 cm³/mol. The number of halogens is 2. The molecule has 0 spiro atoms. The maximum Gasteiger partial charge on any atom is 0.150 e. The normalized spacial score (nSPS) is 19.7. The van der Waals surface area contributed by atoms with Crippen LogP contribution in [0, 0.1) is 11.6 Å². The fraction of sp³-hybridized carbons (Fsp3) is 0.350. The molecule has 6 heteroatoms. The number of aromatic amines is 1. The van der Waals surface area contributed by atoms with Crippen molar-refractivity contribution in [3.05, 3.63) is 65.1 Å². The molecule has 1 aliphatic rings. The maximum absolute atomic E-state index is 14.3. The van der Waals surface area contributed by atoms with Crippen LogP contribution in [-0.4, -0.2) is 22.7 Å². The van der Waals surface area contributed by atoms with Crippen LogP contribution < -0.4 is 10.6 Å². The van der Waals surface area contributed by atoms with Crippen LogP contribution in [0.3, 0.4) is 0 Å². The van der Waals surface area contributed by atoms with E-state index in [2.05, 4.69) is 27.5 Å². The lowest BCUT2D eigenvalue weighted by atomic mass is 9.93. The molecule has 1 aromatic carbocycles. The molecule has 4 nitrogen and oxygen atoms in total. The molecule has 0 fully saturated rings. The van der Waals surface area contributed by atoms with Crippen molar-refractivity contribution in [3.8, 4) is 0 Å². The van der Waals surface area contributed by atoms with E-state index >= 15 is 0 Å². The van der Waals surface area contributed by atoms with E-state index in [1.807, 2.05) is 12.1 Å². The quantitative estimate of drug-likeness (QED) is 0.610. The van der Waals surface area contributed by atoms with Crippen LogP contribution in [0.5, 0.6) is 0 Å². The van der Waals surface area contributed by atoms with Crippen molar-refractivity contribution in [2.75, 3.05) is 6.54 Å². The second-order valence-corrected chi connectivity index (χ2v) is 6.78. The van der Waals surface area contributed by atoms with E-state index in [-0.39, 0.29) is 12.2 Å². The van der Waals surface area contributed by atoms with Gasteiger partial charge in [0.2, 0.25) is 0 Å². The molecule has 0 aliphatic carbocycles. The summed E-state index contributed by atoms with van der Waals surface area (Å²) in [6.45, 7) is 3.05. The van der Waals surface area contributed by atoms with Gasteiger partial charge in [0, 0.05) is 36.0 Å². The fourth-order valence-corrected chi connectivity index (χ4v) is 3.70. The van der Waals surface area contributed by atoms with Gasteiger partial charge in [-0.15, -0.1) is 0 Å². The lowest BCUT2D eigenvalue weighted by Gasteiger charge is -2.32. The second-order valence-electron chi connectivity index (χ2n) is 6.78. The first-order valence-corrected chi connectivity index (χ1v) is 9.06. The number of hydrogen-bond acceptors (Lipinski definition) is 3. The summed E-state index contributed by atoms with van der Waals surface area (Å²) < 4.78 is 28.1. The van der Waals surface area contributed by atoms with E-state index in [0.29, 0.717) is 17.3 Å². The highest BCUT2D eigenvalue weighted by atomic mass is 19.1. The number of unbranched alkanes of at least 4 members (excludes halogenated alkanes) is 1. The highest BCUT2D eigenvalue weighted by molar-refractivity contribution is 5.86. The fourth-order valence-electron chi connectivity index (χ4n) is 3.70. The van der Waals surface area contributed by atoms with Crippen molar-refractivity contribution in [1.82, 2.24) is 20.6 Å². The Balaban J connectivity index is 1.79. The number of fused-ring (bicyclic) bond motifs is 3. The van der Waals surface area contributed by atoms with Crippen LogP contribution in [0.1, 0.15) is 42.6 Å². The minimum Gasteiger partial charge on any atom is -0.354 e. The van der Waals surface area contributed by atoms with Crippen molar-refractivity contribution in [3.63, 3.8) is 0 Å². The van der Waals surface area contributed by atoms with Gasteiger partial charge in [0.1, 0.15) is 11.6 Å². The summed E-state index contributed by atoms with van der Waals surface area (Å²) in [5.41, 5.74) is 3.19. The molecule has 0 unspecified atom stereocenters. The molecule has 3 heterocycles. The summed E-state index contributed by atoms with van der Waals surface area (Å²) in [5.74, 6) is -1.11. The number of nitrogens with one attached hydrogen (secondary N) is 3. The van der Waals surface area contributed by atoms with Gasteiger partial charge in [-0.1, -0.05) is 19.4 Å². The van der Waals surface area contributed by atoms with Crippen molar-refractivity contribution in [2.45, 2.75) is 38.4 Å². The van der Waals surface area contributed by atoms with Crippen LogP contribution in [-0.2, 0) is 6.42 Å². The monoisotopic (exact) mass is 356 g/mol. The molecule has 3 N–H and O–H groups in total. The third kappa shape index (κ3) is 3.10. The number of rotatable bonds is 5. The zero-order valence-corrected chi connectivity index (χ0v) is 14.7. The average Bonchev–Trinajstić information content (AvgIpc) is 3.01. The van der Waals surface area contributed by atoms with Gasteiger partial charge in [-0.2, -0.15) is 0 Å². The maximum atomic E-state index is 14.3. The minimum absolute atomic E-state index is 0.0320. The van der Waals surface area contributed by atoms with Gasteiger partial charge in [-0.25, -0.2) is 8.78 Å². The Kier molecular flexibility index (Phi) is 4.70. The first-order chi connectivity index (χ1) is 12.7. The predicted octanol–water partition coefficient (Wildman–Crippen LogP) is 3.79. The molecule has 0 saturated heterocycles. The van der Waals surface area contributed by atoms with Crippen LogP contribution in [0.15, 0.2) is 36.7 Å². The zero-order chi connectivity index (χ0) is 18.1. The van der Waals surface area contributed by atoms with Crippen molar-refractivity contribution < 1.29 is 8.78 Å². The number of aromatic nitrogens is 2. The van der Waals surface area contributed by atoms with Crippen LogP contribution in [0.25, 0.3) is 10.9 Å². The van der Waals surface area contributed by atoms with E-state index in [1.165, 1.54) is 6.07 Å². The van der Waals surface area contributed by atoms with Crippen LogP contribution in [0.2, 0.25) is 0 Å². The number of pyridine rings is 1. The smallest absolute Gasteiger partial charge is 0.150 e. The van der Waals surface area contributed by atoms with E-state index in [9.17, 15) is 8.78 Å². The van der Waals surface area contributed by atoms with Gasteiger partial charge >= 0.3 is 0 Å². The summed E-state index contributed by atoms with van der Waals surface area (Å²) >= 11 is 0. The third-order valence-electron chi connectivity index (χ3n) is 4.97. The van der Waals surface area contributed by atoms with Crippen molar-refractivity contribution in [1.29, 1.82) is 0 Å². The Labute approximate surface area is 151 Å². The van der Waals surface area contributed by atoms with Gasteiger partial charge in [0.05, 0.1) is 17.7 Å². The summed E-state index contributed by atoms with van der Waals surface area (Å²) in [6.07, 6.45) is 6.42. The summed E-state index contributed by atoms with van der Waals surface area (Å²) in [7, 11) is 0. The van der Waals surface area contributed by atoms with Gasteiger partial charge in [0.25, 0.3) is 0 Å². The molecule has 0 bridgehead atoms. The Hall–Kier alpha value is -2.31. The van der Waals surface area contributed by atoms with Crippen molar-refractivity contribution >= 4 is 10.9 Å². The molecule has 26 heavy (non-hydrogen) atoms. The summed E-state index contributed by atoms with van der Waals surface area (Å²) in [5, 5.41) is 7.72.